The number of likely N-dealkylation sites (N-methyl/N-ethyl adjacent to an activating group) is 2. The van der Waals surface area contributed by atoms with Gasteiger partial charge in [-0.05, 0) is 107 Å². The zero-order valence-electron chi connectivity index (χ0n) is 48.8. The number of fused-ring (bicyclic) bond motifs is 2. The second kappa shape index (κ2) is 25.0. The lowest BCUT2D eigenvalue weighted by atomic mass is 9.74. The third-order valence-electron chi connectivity index (χ3n) is 17.6. The summed E-state index contributed by atoms with van der Waals surface area (Å²) in [4.78, 5) is 71.0. The number of aliphatic hydroxyl groups excluding tert-OH is 1. The van der Waals surface area contributed by atoms with Crippen molar-refractivity contribution in [2.75, 3.05) is 66.9 Å². The molecule has 7 rings (SSSR count). The van der Waals surface area contributed by atoms with E-state index in [0.29, 0.717) is 31.6 Å². The van der Waals surface area contributed by atoms with E-state index in [4.69, 9.17) is 47.4 Å². The molecule has 79 heavy (non-hydrogen) atoms. The summed E-state index contributed by atoms with van der Waals surface area (Å²) in [5, 5.41) is 24.6. The molecule has 5 heterocycles. The van der Waals surface area contributed by atoms with Crippen molar-refractivity contribution in [3.05, 3.63) is 39.9 Å². The van der Waals surface area contributed by atoms with Crippen molar-refractivity contribution in [1.82, 2.24) is 14.4 Å². The van der Waals surface area contributed by atoms with Gasteiger partial charge in [0.15, 0.2) is 24.3 Å². The molecule has 0 radical (unpaired) electrons. The number of carbonyl (C=O) groups excluding carboxylic acids is 3. The molecule has 5 fully saturated rings. The molecule has 1 saturated carbocycles. The molecule has 1 aromatic carbocycles. The standard InChI is InChI=1S/C57H87FN4O17/c1-16-42-57(10)49(78-54(69)79-57)31(4)44(63)29(2)26-55(8,70-14)48(77-53-46(65)41(60(11)12)23-30(3)73-53)32(5)47(33(6)52(68)75-42)76-43-27-56(9,71-15)50(34(7)74-43)72-22-21-61(13)20-19-59-39-25-40-36(24-38(39)58)45(64)37(51(66)67)28-62(40)35-17-18-35/h24-25,28-35,41-43,46-50,53,59,65H,16-23,26-27H2,1-15H3,(H,66,67)/t29-,30-,31+,32+,33-,34+,41+,42-,43+,46-,47+,48-,49-,50+,53+,55-,56-,57-/m1/s1. The predicted molar refractivity (Wildman–Crippen MR) is 287 cm³/mol. The van der Waals surface area contributed by atoms with E-state index >= 15 is 4.39 Å². The summed E-state index contributed by atoms with van der Waals surface area (Å²) < 4.78 is 81.3. The molecular weight excluding hydrogens is 1030 g/mol. The average Bonchev–Trinajstić information content (AvgIpc) is 4.29. The van der Waals surface area contributed by atoms with E-state index in [2.05, 4.69) is 5.32 Å². The van der Waals surface area contributed by atoms with Crippen LogP contribution in [0.25, 0.3) is 10.9 Å². The minimum absolute atomic E-state index is 0.0212. The number of carboxylic acids is 1. The highest BCUT2D eigenvalue weighted by Gasteiger charge is 2.60. The van der Waals surface area contributed by atoms with Gasteiger partial charge in [0, 0.05) is 75.8 Å². The molecule has 444 valence electrons. The smallest absolute Gasteiger partial charge is 0.477 e. The van der Waals surface area contributed by atoms with Crippen LogP contribution >= 0.6 is 0 Å². The Kier molecular flexibility index (Phi) is 19.7. The number of aromatic carboxylic acids is 1. The number of hydrogen-bond acceptors (Lipinski definition) is 19. The molecule has 3 N–H and O–H groups in total. The van der Waals surface area contributed by atoms with E-state index in [-0.39, 0.29) is 66.5 Å². The molecule has 2 aromatic rings. The van der Waals surface area contributed by atoms with Crippen LogP contribution in [0.2, 0.25) is 0 Å². The molecule has 21 nitrogen and oxygen atoms in total. The Hall–Kier alpha value is -4.36. The van der Waals surface area contributed by atoms with E-state index in [1.807, 2.05) is 65.6 Å². The fourth-order valence-corrected chi connectivity index (χ4v) is 12.6. The van der Waals surface area contributed by atoms with Crippen LogP contribution < -0.4 is 10.7 Å². The van der Waals surface area contributed by atoms with Gasteiger partial charge in [-0.15, -0.1) is 0 Å². The first-order valence-electron chi connectivity index (χ1n) is 28.0. The van der Waals surface area contributed by atoms with Gasteiger partial charge in [0.2, 0.25) is 5.43 Å². The molecule has 4 aliphatic heterocycles. The Morgan fingerprint density at radius 2 is 1.57 bits per heavy atom. The highest BCUT2D eigenvalue weighted by Crippen LogP contribution is 2.45. The van der Waals surface area contributed by atoms with Crippen LogP contribution in [0.3, 0.4) is 0 Å². The lowest BCUT2D eigenvalue weighted by Crippen LogP contribution is -2.61. The van der Waals surface area contributed by atoms with Gasteiger partial charge in [0.25, 0.3) is 0 Å². The highest BCUT2D eigenvalue weighted by molar-refractivity contribution is 5.93. The minimum Gasteiger partial charge on any atom is -0.477 e. The molecule has 0 spiro atoms. The molecule has 22 heteroatoms. The maximum Gasteiger partial charge on any atom is 0.509 e. The van der Waals surface area contributed by atoms with E-state index in [9.17, 15) is 34.2 Å². The molecule has 1 aromatic heterocycles. The summed E-state index contributed by atoms with van der Waals surface area (Å²) in [6.07, 6.45) is -5.86. The first kappa shape index (κ1) is 62.2. The fraction of sp³-hybridized carbons (Fsp3) is 0.772. The number of Topliss-reactive ketones (excluding diaryl/α,β-unsaturated/α-hetero) is 1. The zero-order valence-corrected chi connectivity index (χ0v) is 48.8. The van der Waals surface area contributed by atoms with Gasteiger partial charge in [-0.3, -0.25) is 14.4 Å². The lowest BCUT2D eigenvalue weighted by Gasteiger charge is -2.50. The van der Waals surface area contributed by atoms with Crippen molar-refractivity contribution in [2.45, 2.75) is 198 Å². The van der Waals surface area contributed by atoms with E-state index in [1.54, 1.807) is 52.4 Å². The van der Waals surface area contributed by atoms with Gasteiger partial charge >= 0.3 is 18.1 Å². The first-order valence-corrected chi connectivity index (χ1v) is 28.0. The van der Waals surface area contributed by atoms with Crippen molar-refractivity contribution in [3.63, 3.8) is 0 Å². The van der Waals surface area contributed by atoms with Crippen molar-refractivity contribution in [1.29, 1.82) is 0 Å². The van der Waals surface area contributed by atoms with E-state index < -0.39 is 125 Å². The highest BCUT2D eigenvalue weighted by atomic mass is 19.1. The largest absolute Gasteiger partial charge is 0.509 e. The molecule has 5 aliphatic rings. The number of methoxy groups -OCH3 is 2. The van der Waals surface area contributed by atoms with Crippen molar-refractivity contribution < 1.29 is 81.2 Å². The number of ketones is 1. The number of pyridine rings is 1. The normalized spacial score (nSPS) is 37.8. The summed E-state index contributed by atoms with van der Waals surface area (Å²) in [5.41, 5.74) is -4.25. The second-order valence-corrected chi connectivity index (χ2v) is 23.8. The number of carbonyl (C=O) groups is 4. The monoisotopic (exact) mass is 1120 g/mol. The molecule has 0 amide bonds. The minimum atomic E-state index is -1.52. The van der Waals surface area contributed by atoms with Crippen LogP contribution in [0, 0.1) is 29.5 Å². The van der Waals surface area contributed by atoms with Gasteiger partial charge < -0.3 is 77.3 Å². The quantitative estimate of drug-likeness (QED) is 0.141. The third-order valence-corrected chi connectivity index (χ3v) is 17.6. The number of aliphatic hydroxyl groups is 1. The van der Waals surface area contributed by atoms with Crippen molar-refractivity contribution in [3.8, 4) is 0 Å². The number of ether oxygens (including phenoxy) is 10. The average molecular weight is 1120 g/mol. The topological polar surface area (TPSA) is 242 Å². The van der Waals surface area contributed by atoms with Crippen LogP contribution in [-0.4, -0.2) is 194 Å². The number of nitrogens with zero attached hydrogens (tertiary/aromatic N) is 3. The maximum absolute atomic E-state index is 15.4. The number of carboxylic acid groups (broad SMARTS) is 1. The van der Waals surface area contributed by atoms with Gasteiger partial charge in [-0.25, -0.2) is 14.0 Å². The Morgan fingerprint density at radius 3 is 2.19 bits per heavy atom. The van der Waals surface area contributed by atoms with E-state index in [0.717, 1.165) is 18.9 Å². The molecule has 1 aliphatic carbocycles. The first-order chi connectivity index (χ1) is 37.1. The van der Waals surface area contributed by atoms with Crippen LogP contribution in [0.1, 0.15) is 124 Å². The number of nitrogens with one attached hydrogen (secondary N) is 1. The zero-order chi connectivity index (χ0) is 58.2. The molecule has 0 unspecified atom stereocenters. The van der Waals surface area contributed by atoms with Gasteiger partial charge in [-0.2, -0.15) is 0 Å². The Balaban J connectivity index is 1.10. The number of hydrogen-bond donors (Lipinski definition) is 3. The molecule has 0 bridgehead atoms. The van der Waals surface area contributed by atoms with Crippen molar-refractivity contribution >= 4 is 40.5 Å². The summed E-state index contributed by atoms with van der Waals surface area (Å²) in [6.45, 7) is 19.5. The number of anilines is 1. The second-order valence-electron chi connectivity index (χ2n) is 23.8. The van der Waals surface area contributed by atoms with Crippen LogP contribution in [0.15, 0.2) is 23.1 Å². The van der Waals surface area contributed by atoms with Gasteiger partial charge in [0.05, 0.1) is 65.3 Å². The number of benzene rings is 1. The van der Waals surface area contributed by atoms with E-state index in [1.165, 1.54) is 13.3 Å². The SMILES string of the molecule is CC[C@H]1OC(=O)[C@H](C)[C@@H](O[C@H]2C[C@@](C)(OC)[C@@H](OCCN(C)CCNc3cc4c(cc3F)c(=O)c(C(=O)O)cn4C3CC3)[C@H](C)O2)[C@H](C)[C@@H](O[C@@H]2O[C@H](C)C[C@H](N(C)C)[C@H]2O)[C@](C)(OC)C[C@@H](C)C(=O)[C@H](C)[C@H]2OC(=O)O[C@@]21C. The molecular formula is C57H87FN4O17. The number of rotatable bonds is 18. The summed E-state index contributed by atoms with van der Waals surface area (Å²) in [6, 6.07) is 2.39. The Morgan fingerprint density at radius 1 is 0.899 bits per heavy atom. The van der Waals surface area contributed by atoms with Gasteiger partial charge in [0.1, 0.15) is 35.5 Å². The number of cyclic esters (lactones) is 1. The lowest BCUT2D eigenvalue weighted by molar-refractivity contribution is -0.322. The molecule has 4 saturated heterocycles. The molecule has 18 atom stereocenters. The third kappa shape index (κ3) is 13.1. The Bertz CT molecular complexity index is 2570. The predicted octanol–water partition coefficient (Wildman–Crippen LogP) is 6.18. The summed E-state index contributed by atoms with van der Waals surface area (Å²) >= 11 is 0. The fourth-order valence-electron chi connectivity index (χ4n) is 12.6. The Labute approximate surface area is 463 Å². The summed E-state index contributed by atoms with van der Waals surface area (Å²) in [7, 11) is 8.77. The van der Waals surface area contributed by atoms with Gasteiger partial charge in [-0.1, -0.05) is 27.7 Å². The van der Waals surface area contributed by atoms with Crippen LogP contribution in [0.4, 0.5) is 14.9 Å². The van der Waals surface area contributed by atoms with Crippen LogP contribution in [-0.2, 0) is 57.0 Å². The van der Waals surface area contributed by atoms with Crippen LogP contribution in [0.5, 0.6) is 0 Å². The number of aromatic nitrogens is 1. The van der Waals surface area contributed by atoms with Crippen molar-refractivity contribution in [2.24, 2.45) is 23.7 Å². The maximum atomic E-state index is 15.4. The number of esters is 1. The summed E-state index contributed by atoms with van der Waals surface area (Å²) in [5.74, 6) is -6.30. The number of halogens is 1.